The van der Waals surface area contributed by atoms with Crippen molar-refractivity contribution < 1.29 is 14.3 Å². The number of H-pyrrole nitrogens is 1. The van der Waals surface area contributed by atoms with Gasteiger partial charge in [-0.15, -0.1) is 22.0 Å². The first-order chi connectivity index (χ1) is 17.7. The number of aromatic amines is 1. The summed E-state index contributed by atoms with van der Waals surface area (Å²) in [5.41, 5.74) is 0.232. The number of thioether (sulfide) groups is 1. The summed E-state index contributed by atoms with van der Waals surface area (Å²) in [6.45, 7) is 11.1. The van der Waals surface area contributed by atoms with Gasteiger partial charge in [0.15, 0.2) is 5.82 Å². The average molecular weight is 528 g/mol. The van der Waals surface area contributed by atoms with Crippen LogP contribution in [0.25, 0.3) is 0 Å². The summed E-state index contributed by atoms with van der Waals surface area (Å²) in [6.07, 6.45) is 5.31. The molecule has 200 valence electrons. The van der Waals surface area contributed by atoms with E-state index in [0.29, 0.717) is 18.9 Å². The smallest absolute Gasteiger partial charge is 0.250 e. The fourth-order valence-electron chi connectivity index (χ4n) is 5.78. The molecule has 3 saturated heterocycles. The van der Waals surface area contributed by atoms with Crippen LogP contribution < -0.4 is 10.1 Å². The van der Waals surface area contributed by atoms with E-state index < -0.39 is 17.7 Å². The molecule has 0 spiro atoms. The lowest BCUT2D eigenvalue weighted by atomic mass is 9.93. The van der Waals surface area contributed by atoms with E-state index in [1.165, 1.54) is 19.3 Å². The lowest BCUT2D eigenvalue weighted by molar-refractivity contribution is -0.166. The second-order valence-electron chi connectivity index (χ2n) is 10.9. The minimum atomic E-state index is -0.641. The first-order valence-corrected chi connectivity index (χ1v) is 14.2. The maximum Gasteiger partial charge on any atom is 0.250 e. The van der Waals surface area contributed by atoms with Crippen molar-refractivity contribution >= 4 is 23.6 Å². The van der Waals surface area contributed by atoms with Crippen LogP contribution in [0.5, 0.6) is 5.75 Å². The van der Waals surface area contributed by atoms with Gasteiger partial charge in [-0.05, 0) is 51.3 Å². The van der Waals surface area contributed by atoms with Crippen LogP contribution in [0.1, 0.15) is 90.2 Å². The van der Waals surface area contributed by atoms with Crippen molar-refractivity contribution in [1.82, 2.24) is 35.7 Å². The number of nitrogens with zero attached hydrogens (tertiary/aromatic N) is 5. The molecule has 37 heavy (non-hydrogen) atoms. The van der Waals surface area contributed by atoms with E-state index in [4.69, 9.17) is 4.74 Å². The van der Waals surface area contributed by atoms with Crippen molar-refractivity contribution in [2.24, 2.45) is 0 Å². The molecule has 3 fully saturated rings. The largest absolute Gasteiger partial charge is 0.494 e. The summed E-state index contributed by atoms with van der Waals surface area (Å²) in [6, 6.07) is 6.40. The zero-order valence-electron chi connectivity index (χ0n) is 22.2. The van der Waals surface area contributed by atoms with Gasteiger partial charge in [0.05, 0.1) is 12.3 Å². The minimum Gasteiger partial charge on any atom is -0.494 e. The molecule has 2 aromatic rings. The molecule has 3 aliphatic rings. The van der Waals surface area contributed by atoms with Crippen molar-refractivity contribution in [2.45, 2.75) is 101 Å². The molecule has 4 heterocycles. The molecule has 0 bridgehead atoms. The number of tetrazole rings is 1. The average Bonchev–Trinajstić information content (AvgIpc) is 3.56. The van der Waals surface area contributed by atoms with E-state index in [2.05, 4.69) is 46.7 Å². The Balaban J connectivity index is 1.32. The number of hydrogen-bond donors (Lipinski definition) is 2. The summed E-state index contributed by atoms with van der Waals surface area (Å²) in [5.74, 6) is 1.17. The fourth-order valence-corrected chi connectivity index (χ4v) is 7.45. The number of β-lactam (4-membered cyclic amide) rings is 1. The van der Waals surface area contributed by atoms with Crippen LogP contribution in [-0.4, -0.2) is 70.7 Å². The van der Waals surface area contributed by atoms with Crippen LogP contribution in [-0.2, 0) is 9.59 Å². The summed E-state index contributed by atoms with van der Waals surface area (Å²) in [5, 5.41) is 17.9. The molecule has 3 aliphatic heterocycles. The molecule has 5 atom stereocenters. The van der Waals surface area contributed by atoms with Crippen LogP contribution in [0.3, 0.4) is 0 Å². The van der Waals surface area contributed by atoms with Gasteiger partial charge in [0.1, 0.15) is 29.2 Å². The van der Waals surface area contributed by atoms with Crippen LogP contribution in [0.2, 0.25) is 0 Å². The van der Waals surface area contributed by atoms with Crippen molar-refractivity contribution in [3.8, 4) is 5.75 Å². The summed E-state index contributed by atoms with van der Waals surface area (Å²) < 4.78 is 5.57. The number of carbonyl (C=O) groups excluding carboxylic acids is 2. The molecule has 1 aromatic heterocycles. The monoisotopic (exact) mass is 527 g/mol. The zero-order valence-corrected chi connectivity index (χ0v) is 23.0. The van der Waals surface area contributed by atoms with Crippen molar-refractivity contribution in [3.05, 3.63) is 35.7 Å². The quantitative estimate of drug-likeness (QED) is 0.356. The van der Waals surface area contributed by atoms with E-state index in [0.717, 1.165) is 17.7 Å². The second-order valence-corrected chi connectivity index (χ2v) is 12.6. The topological polar surface area (TPSA) is 116 Å². The van der Waals surface area contributed by atoms with E-state index in [9.17, 15) is 9.59 Å². The number of aromatic nitrogens is 4. The number of amides is 2. The van der Waals surface area contributed by atoms with Crippen molar-refractivity contribution in [1.29, 1.82) is 0 Å². The van der Waals surface area contributed by atoms with Crippen LogP contribution in [0.4, 0.5) is 0 Å². The van der Waals surface area contributed by atoms with Gasteiger partial charge in [-0.3, -0.25) is 14.9 Å². The van der Waals surface area contributed by atoms with E-state index in [1.54, 1.807) is 16.7 Å². The standard InChI is InChI=1S/C26H37N7O3S/c1-6-8-9-10-15-36-17-13-11-16(12-14-17)18-22(34)33(26(5,7-2)27-18)19-23(35)32-20(21-28-30-31-29-21)25(3,4)37-24(19)32/h11-14,18-20,24,27H,6-10,15H2,1-5H3,(H,28,29,30,31)/t18?,19?,20?,24-,26?/m1/s1. The molecule has 1 aromatic carbocycles. The van der Waals surface area contributed by atoms with Gasteiger partial charge in [0, 0.05) is 4.75 Å². The number of nitrogens with one attached hydrogen (secondary N) is 2. The first kappa shape index (κ1) is 26.0. The predicted molar refractivity (Wildman–Crippen MR) is 141 cm³/mol. The van der Waals surface area contributed by atoms with Gasteiger partial charge in [-0.1, -0.05) is 50.5 Å². The van der Waals surface area contributed by atoms with Crippen molar-refractivity contribution in [2.75, 3.05) is 6.61 Å². The number of carbonyl (C=O) groups is 2. The Hall–Kier alpha value is -2.66. The number of rotatable bonds is 10. The summed E-state index contributed by atoms with van der Waals surface area (Å²) in [7, 11) is 0. The number of ether oxygens (including phenoxy) is 1. The SMILES string of the molecule is CCCCCCOc1ccc(C2NC(C)(CC)N(C3C(=O)N4C(c5nn[nH]n5)C(C)(C)S[C@H]34)C2=O)cc1. The van der Waals surface area contributed by atoms with Gasteiger partial charge >= 0.3 is 0 Å². The van der Waals surface area contributed by atoms with Crippen LogP contribution in [0, 0.1) is 0 Å². The molecule has 2 N–H and O–H groups in total. The highest BCUT2D eigenvalue weighted by Crippen LogP contribution is 2.58. The fraction of sp³-hybridized carbons (Fsp3) is 0.654. The lowest BCUT2D eigenvalue weighted by Crippen LogP contribution is -2.72. The van der Waals surface area contributed by atoms with Gasteiger partial charge in [-0.2, -0.15) is 5.21 Å². The number of benzene rings is 1. The molecule has 0 aliphatic carbocycles. The Morgan fingerprint density at radius 3 is 2.46 bits per heavy atom. The first-order valence-electron chi connectivity index (χ1n) is 13.3. The normalized spacial score (nSPS) is 30.5. The highest BCUT2D eigenvalue weighted by molar-refractivity contribution is 8.01. The molecule has 11 heteroatoms. The van der Waals surface area contributed by atoms with E-state index in [-0.39, 0.29) is 28.0 Å². The molecule has 0 radical (unpaired) electrons. The Bertz CT molecular complexity index is 1130. The number of hydrogen-bond acceptors (Lipinski definition) is 8. The van der Waals surface area contributed by atoms with Crippen LogP contribution in [0.15, 0.2) is 24.3 Å². The molecule has 4 unspecified atom stereocenters. The van der Waals surface area contributed by atoms with Gasteiger partial charge < -0.3 is 14.5 Å². The highest BCUT2D eigenvalue weighted by atomic mass is 32.2. The molecular weight excluding hydrogens is 490 g/mol. The Kier molecular flexibility index (Phi) is 6.95. The molecule has 10 nitrogen and oxygen atoms in total. The van der Waals surface area contributed by atoms with E-state index >= 15 is 0 Å². The Labute approximate surface area is 222 Å². The lowest BCUT2D eigenvalue weighted by Gasteiger charge is -2.51. The highest BCUT2D eigenvalue weighted by Gasteiger charge is 2.68. The van der Waals surface area contributed by atoms with Gasteiger partial charge in [0.25, 0.3) is 0 Å². The third-order valence-corrected chi connectivity index (χ3v) is 9.49. The Morgan fingerprint density at radius 2 is 1.81 bits per heavy atom. The number of unbranched alkanes of at least 4 members (excludes halogenated alkanes) is 3. The molecular formula is C26H37N7O3S. The predicted octanol–water partition coefficient (Wildman–Crippen LogP) is 3.56. The second kappa shape index (κ2) is 9.90. The van der Waals surface area contributed by atoms with Crippen LogP contribution >= 0.6 is 11.8 Å². The van der Waals surface area contributed by atoms with Gasteiger partial charge in [0.2, 0.25) is 11.8 Å². The minimum absolute atomic E-state index is 0.0693. The van der Waals surface area contributed by atoms with E-state index in [1.807, 2.05) is 43.0 Å². The van der Waals surface area contributed by atoms with Gasteiger partial charge in [-0.25, -0.2) is 0 Å². The maximum atomic E-state index is 13.9. The third kappa shape index (κ3) is 4.39. The Morgan fingerprint density at radius 1 is 1.05 bits per heavy atom. The number of fused-ring (bicyclic) bond motifs is 1. The summed E-state index contributed by atoms with van der Waals surface area (Å²) >= 11 is 1.69. The third-order valence-electron chi connectivity index (χ3n) is 7.94. The molecule has 5 rings (SSSR count). The molecule has 0 saturated carbocycles. The zero-order chi connectivity index (χ0) is 26.4. The summed E-state index contributed by atoms with van der Waals surface area (Å²) in [4.78, 5) is 31.1. The van der Waals surface area contributed by atoms with Crippen molar-refractivity contribution in [3.63, 3.8) is 0 Å². The molecule has 2 amide bonds. The maximum absolute atomic E-state index is 13.9.